The lowest BCUT2D eigenvalue weighted by atomic mass is 10.1. The van der Waals surface area contributed by atoms with Crippen molar-refractivity contribution in [3.05, 3.63) is 23.5 Å². The van der Waals surface area contributed by atoms with Crippen LogP contribution in [0.4, 0.5) is 13.2 Å². The third-order valence-corrected chi connectivity index (χ3v) is 4.59. The van der Waals surface area contributed by atoms with Crippen LogP contribution in [0.15, 0.2) is 16.8 Å². The van der Waals surface area contributed by atoms with E-state index in [4.69, 9.17) is 4.52 Å². The molecule has 0 aromatic carbocycles. The van der Waals surface area contributed by atoms with Crippen LogP contribution >= 0.6 is 12.4 Å². The van der Waals surface area contributed by atoms with Crippen molar-refractivity contribution in [1.29, 1.82) is 0 Å². The maximum Gasteiger partial charge on any atom is 0.405 e. The molecular formula is C17H23ClF3N5O2. The first-order valence-electron chi connectivity index (χ1n) is 8.82. The largest absolute Gasteiger partial charge is 0.405 e. The Bertz CT molecular complexity index is 806. The third-order valence-electron chi connectivity index (χ3n) is 4.59. The molecule has 2 aromatic rings. The number of halogens is 4. The summed E-state index contributed by atoms with van der Waals surface area (Å²) in [4.78, 5) is 17.8. The summed E-state index contributed by atoms with van der Waals surface area (Å²) in [6.45, 7) is 4.88. The van der Waals surface area contributed by atoms with Crippen LogP contribution in [-0.4, -0.2) is 65.9 Å². The minimum atomic E-state index is -4.42. The minimum Gasteiger partial charge on any atom is -0.350 e. The van der Waals surface area contributed by atoms with Crippen molar-refractivity contribution in [1.82, 2.24) is 25.7 Å². The van der Waals surface area contributed by atoms with E-state index >= 15 is 0 Å². The van der Waals surface area contributed by atoms with Crippen molar-refractivity contribution in [2.75, 3.05) is 32.7 Å². The summed E-state index contributed by atoms with van der Waals surface area (Å²) in [6, 6.07) is -0.168. The summed E-state index contributed by atoms with van der Waals surface area (Å²) in [7, 11) is 0. The Hall–Kier alpha value is -1.91. The van der Waals surface area contributed by atoms with Gasteiger partial charge in [0.15, 0.2) is 0 Å². The van der Waals surface area contributed by atoms with E-state index in [0.29, 0.717) is 29.9 Å². The van der Waals surface area contributed by atoms with E-state index < -0.39 is 24.7 Å². The van der Waals surface area contributed by atoms with Gasteiger partial charge in [-0.25, -0.2) is 4.98 Å². The van der Waals surface area contributed by atoms with Gasteiger partial charge in [-0.1, -0.05) is 19.0 Å². The fraction of sp³-hybridized carbons (Fsp3) is 0.588. The lowest BCUT2D eigenvalue weighted by molar-refractivity contribution is -0.183. The predicted molar refractivity (Wildman–Crippen MR) is 99.8 cm³/mol. The fourth-order valence-electron chi connectivity index (χ4n) is 3.13. The van der Waals surface area contributed by atoms with Crippen molar-refractivity contribution in [3.8, 4) is 0 Å². The number of nitrogens with zero attached hydrogens (tertiary/aromatic N) is 3. The Kier molecular flexibility index (Phi) is 7.24. The highest BCUT2D eigenvalue weighted by atomic mass is 35.5. The zero-order chi connectivity index (χ0) is 19.6. The highest BCUT2D eigenvalue weighted by molar-refractivity contribution is 5.97. The second-order valence-electron chi connectivity index (χ2n) is 6.85. The summed E-state index contributed by atoms with van der Waals surface area (Å²) < 4.78 is 45.4. The van der Waals surface area contributed by atoms with E-state index in [1.807, 2.05) is 13.8 Å². The minimum absolute atomic E-state index is 0. The second-order valence-corrected chi connectivity index (χ2v) is 6.85. The molecule has 0 radical (unpaired) electrons. The van der Waals surface area contributed by atoms with Crippen LogP contribution in [0.5, 0.6) is 0 Å². The number of rotatable bonds is 5. The molecule has 1 aliphatic rings. The lowest BCUT2D eigenvalue weighted by Crippen LogP contribution is -2.57. The summed E-state index contributed by atoms with van der Waals surface area (Å²) in [5.41, 5.74) is 1.12. The van der Waals surface area contributed by atoms with Gasteiger partial charge in [-0.15, -0.1) is 12.4 Å². The van der Waals surface area contributed by atoms with E-state index in [2.05, 4.69) is 20.8 Å². The van der Waals surface area contributed by atoms with Crippen molar-refractivity contribution in [3.63, 3.8) is 0 Å². The lowest BCUT2D eigenvalue weighted by Gasteiger charge is -2.35. The maximum absolute atomic E-state index is 13.4. The van der Waals surface area contributed by atoms with Crippen LogP contribution in [0.25, 0.3) is 11.1 Å². The van der Waals surface area contributed by atoms with Gasteiger partial charge in [0, 0.05) is 38.9 Å². The van der Waals surface area contributed by atoms with Crippen LogP contribution in [0.2, 0.25) is 0 Å². The number of nitrogens with one attached hydrogen (secondary N) is 2. The molecule has 11 heteroatoms. The Labute approximate surface area is 166 Å². The smallest absolute Gasteiger partial charge is 0.350 e. The van der Waals surface area contributed by atoms with Gasteiger partial charge in [-0.3, -0.25) is 9.69 Å². The van der Waals surface area contributed by atoms with Crippen molar-refractivity contribution in [2.24, 2.45) is 0 Å². The van der Waals surface area contributed by atoms with E-state index in [-0.39, 0.29) is 37.0 Å². The van der Waals surface area contributed by atoms with Gasteiger partial charge in [0.05, 0.1) is 16.6 Å². The molecular weight excluding hydrogens is 399 g/mol. The summed E-state index contributed by atoms with van der Waals surface area (Å²) >= 11 is 0. The quantitative estimate of drug-likeness (QED) is 0.771. The topological polar surface area (TPSA) is 83.3 Å². The molecule has 0 bridgehead atoms. The zero-order valence-corrected chi connectivity index (χ0v) is 16.4. The number of hydrogen-bond acceptors (Lipinski definition) is 6. The van der Waals surface area contributed by atoms with Crippen LogP contribution < -0.4 is 10.6 Å². The second kappa shape index (κ2) is 9.06. The number of carbonyl (C=O) groups excluding carboxylic acids is 1. The standard InChI is InChI=1S/C17H22F3N5O2.ClH/c1-10(2)14-12-7-11(8-23-16(12)27-24-14)15(26)22-9-13(17(18,19)20)25-5-3-21-4-6-25;/h7-8,10,13,21H,3-6,9H2,1-2H3,(H,22,26);1H. The average Bonchev–Trinajstić information content (AvgIpc) is 3.05. The molecule has 2 N–H and O–H groups in total. The molecule has 2 aromatic heterocycles. The van der Waals surface area contributed by atoms with E-state index in [9.17, 15) is 18.0 Å². The molecule has 1 atom stereocenters. The number of fused-ring (bicyclic) bond motifs is 1. The van der Waals surface area contributed by atoms with Gasteiger partial charge in [0.1, 0.15) is 6.04 Å². The number of aromatic nitrogens is 2. The predicted octanol–water partition coefficient (Wildman–Crippen LogP) is 2.33. The molecule has 0 aliphatic carbocycles. The van der Waals surface area contributed by atoms with Crippen LogP contribution in [0.1, 0.15) is 35.8 Å². The average molecular weight is 422 g/mol. The van der Waals surface area contributed by atoms with Crippen molar-refractivity contribution in [2.45, 2.75) is 32.0 Å². The summed E-state index contributed by atoms with van der Waals surface area (Å²) in [5, 5.41) is 9.94. The van der Waals surface area contributed by atoms with Crippen molar-refractivity contribution < 1.29 is 22.5 Å². The van der Waals surface area contributed by atoms with E-state index in [1.54, 1.807) is 6.07 Å². The van der Waals surface area contributed by atoms with Gasteiger partial charge >= 0.3 is 6.18 Å². The first kappa shape index (κ1) is 22.4. The van der Waals surface area contributed by atoms with Crippen LogP contribution in [0, 0.1) is 0 Å². The van der Waals surface area contributed by atoms with E-state index in [1.165, 1.54) is 11.1 Å². The molecule has 1 unspecified atom stereocenters. The number of carbonyl (C=O) groups is 1. The van der Waals surface area contributed by atoms with Crippen LogP contribution in [0.3, 0.4) is 0 Å². The molecule has 156 valence electrons. The molecule has 28 heavy (non-hydrogen) atoms. The summed E-state index contributed by atoms with van der Waals surface area (Å²) in [6.07, 6.45) is -3.15. The SMILES string of the molecule is CC(C)c1noc2ncc(C(=O)NCC(N3CCNCC3)C(F)(F)F)cc12.Cl. The van der Waals surface area contributed by atoms with Gasteiger partial charge in [-0.05, 0) is 12.0 Å². The van der Waals surface area contributed by atoms with E-state index in [0.717, 1.165) is 0 Å². The Morgan fingerprint density at radius 2 is 2.04 bits per heavy atom. The normalized spacial score (nSPS) is 16.8. The summed E-state index contributed by atoms with van der Waals surface area (Å²) in [5.74, 6) is -0.543. The van der Waals surface area contributed by atoms with Gasteiger partial charge in [0.2, 0.25) is 0 Å². The van der Waals surface area contributed by atoms with Gasteiger partial charge < -0.3 is 15.2 Å². The third kappa shape index (κ3) is 4.92. The molecule has 1 aliphatic heterocycles. The molecule has 1 fully saturated rings. The highest BCUT2D eigenvalue weighted by Crippen LogP contribution is 2.26. The number of alkyl halides is 3. The molecule has 3 heterocycles. The fourth-order valence-corrected chi connectivity index (χ4v) is 3.13. The monoisotopic (exact) mass is 421 g/mol. The number of amides is 1. The first-order valence-corrected chi connectivity index (χ1v) is 8.82. The molecule has 1 amide bonds. The number of hydrogen-bond donors (Lipinski definition) is 2. The molecule has 0 spiro atoms. The zero-order valence-electron chi connectivity index (χ0n) is 15.5. The Morgan fingerprint density at radius 1 is 1.36 bits per heavy atom. The maximum atomic E-state index is 13.4. The van der Waals surface area contributed by atoms with Crippen LogP contribution in [-0.2, 0) is 0 Å². The Morgan fingerprint density at radius 3 is 2.64 bits per heavy atom. The highest BCUT2D eigenvalue weighted by Gasteiger charge is 2.43. The first-order chi connectivity index (χ1) is 12.8. The molecule has 3 rings (SSSR count). The molecule has 0 saturated carbocycles. The number of piperazine rings is 1. The molecule has 7 nitrogen and oxygen atoms in total. The van der Waals surface area contributed by atoms with Gasteiger partial charge in [-0.2, -0.15) is 13.2 Å². The Balaban J connectivity index is 0.00000280. The van der Waals surface area contributed by atoms with Gasteiger partial charge in [0.25, 0.3) is 11.6 Å². The molecule has 1 saturated heterocycles. The van der Waals surface area contributed by atoms with Crippen molar-refractivity contribution >= 4 is 29.4 Å². The number of pyridine rings is 1.